The molecule has 1 nitrogen and oxygen atoms in total. The summed E-state index contributed by atoms with van der Waals surface area (Å²) in [6.07, 6.45) is 4.56. The smallest absolute Gasteiger partial charge is 0.0436 e. The number of fused-ring (bicyclic) bond motifs is 1. The summed E-state index contributed by atoms with van der Waals surface area (Å²) in [5, 5.41) is 9.00. The van der Waals surface area contributed by atoms with Crippen LogP contribution >= 0.6 is 15.9 Å². The Morgan fingerprint density at radius 3 is 3.07 bits per heavy atom. The maximum atomic E-state index is 9.00. The third-order valence-electron chi connectivity index (χ3n) is 3.05. The molecule has 0 fully saturated rings. The van der Waals surface area contributed by atoms with Gasteiger partial charge in [0, 0.05) is 11.1 Å². The van der Waals surface area contributed by atoms with Crippen molar-refractivity contribution in [3.05, 3.63) is 33.8 Å². The van der Waals surface area contributed by atoms with Crippen LogP contribution in [-0.2, 0) is 6.42 Å². The highest BCUT2D eigenvalue weighted by Gasteiger charge is 2.20. The SMILES string of the molecule is OCCC1CCCc2c(Br)cccc21. The van der Waals surface area contributed by atoms with Crippen LogP contribution in [0.2, 0.25) is 0 Å². The molecular weight excluding hydrogens is 240 g/mol. The highest BCUT2D eigenvalue weighted by molar-refractivity contribution is 9.10. The number of benzene rings is 1. The lowest BCUT2D eigenvalue weighted by Crippen LogP contribution is -2.11. The molecule has 0 spiro atoms. The summed E-state index contributed by atoms with van der Waals surface area (Å²) in [6, 6.07) is 6.42. The van der Waals surface area contributed by atoms with Crippen LogP contribution in [0.1, 0.15) is 36.3 Å². The second kappa shape index (κ2) is 4.45. The van der Waals surface area contributed by atoms with Crippen LogP contribution in [0, 0.1) is 0 Å². The Hall–Kier alpha value is -0.340. The van der Waals surface area contributed by atoms with E-state index in [-0.39, 0.29) is 0 Å². The fourth-order valence-corrected chi connectivity index (χ4v) is 2.94. The van der Waals surface area contributed by atoms with Gasteiger partial charge in [0.05, 0.1) is 0 Å². The summed E-state index contributed by atoms with van der Waals surface area (Å²) >= 11 is 3.60. The van der Waals surface area contributed by atoms with Crippen LogP contribution in [0.25, 0.3) is 0 Å². The van der Waals surface area contributed by atoms with E-state index in [0.717, 1.165) is 6.42 Å². The van der Waals surface area contributed by atoms with E-state index in [1.807, 2.05) is 0 Å². The minimum atomic E-state index is 0.302. The molecule has 0 saturated carbocycles. The first kappa shape index (κ1) is 10.2. The summed E-state index contributed by atoms with van der Waals surface area (Å²) in [4.78, 5) is 0. The van der Waals surface area contributed by atoms with Gasteiger partial charge in [-0.3, -0.25) is 0 Å². The topological polar surface area (TPSA) is 20.2 Å². The number of hydrogen-bond acceptors (Lipinski definition) is 1. The molecule has 0 saturated heterocycles. The number of halogens is 1. The Labute approximate surface area is 93.3 Å². The molecule has 0 aliphatic heterocycles. The van der Waals surface area contributed by atoms with Gasteiger partial charge in [-0.1, -0.05) is 28.1 Å². The molecule has 76 valence electrons. The molecule has 0 heterocycles. The van der Waals surface area contributed by atoms with E-state index >= 15 is 0 Å². The lowest BCUT2D eigenvalue weighted by atomic mass is 9.81. The predicted molar refractivity (Wildman–Crippen MR) is 61.5 cm³/mol. The number of hydrogen-bond donors (Lipinski definition) is 1. The largest absolute Gasteiger partial charge is 0.396 e. The van der Waals surface area contributed by atoms with E-state index in [1.165, 1.54) is 34.9 Å². The van der Waals surface area contributed by atoms with Gasteiger partial charge in [0.15, 0.2) is 0 Å². The molecule has 0 aromatic heterocycles. The Morgan fingerprint density at radius 1 is 1.43 bits per heavy atom. The average Bonchev–Trinajstić information content (AvgIpc) is 2.20. The van der Waals surface area contributed by atoms with Gasteiger partial charge >= 0.3 is 0 Å². The predicted octanol–water partition coefficient (Wildman–Crippen LogP) is 3.25. The lowest BCUT2D eigenvalue weighted by molar-refractivity contribution is 0.269. The second-order valence-corrected chi connectivity index (χ2v) is 4.76. The first-order valence-corrected chi connectivity index (χ1v) is 6.00. The monoisotopic (exact) mass is 254 g/mol. The summed E-state index contributed by atoms with van der Waals surface area (Å²) in [5.41, 5.74) is 2.90. The van der Waals surface area contributed by atoms with Gasteiger partial charge < -0.3 is 5.11 Å². The van der Waals surface area contributed by atoms with E-state index in [9.17, 15) is 0 Å². The molecule has 1 aromatic rings. The van der Waals surface area contributed by atoms with Crippen molar-refractivity contribution < 1.29 is 5.11 Å². The highest BCUT2D eigenvalue weighted by atomic mass is 79.9. The number of rotatable bonds is 2. The van der Waals surface area contributed by atoms with E-state index in [0.29, 0.717) is 12.5 Å². The molecule has 0 radical (unpaired) electrons. The Balaban J connectivity index is 2.34. The second-order valence-electron chi connectivity index (χ2n) is 3.91. The summed E-state index contributed by atoms with van der Waals surface area (Å²) in [7, 11) is 0. The minimum Gasteiger partial charge on any atom is -0.396 e. The van der Waals surface area contributed by atoms with E-state index < -0.39 is 0 Å². The van der Waals surface area contributed by atoms with Gasteiger partial charge in [0.2, 0.25) is 0 Å². The van der Waals surface area contributed by atoms with Crippen LogP contribution in [0.5, 0.6) is 0 Å². The van der Waals surface area contributed by atoms with E-state index in [4.69, 9.17) is 5.11 Å². The number of aliphatic hydroxyl groups excluding tert-OH is 1. The third kappa shape index (κ3) is 1.86. The van der Waals surface area contributed by atoms with E-state index in [2.05, 4.69) is 34.1 Å². The molecule has 1 atom stereocenters. The van der Waals surface area contributed by atoms with Crippen molar-refractivity contribution in [2.75, 3.05) is 6.61 Å². The molecule has 2 rings (SSSR count). The van der Waals surface area contributed by atoms with Crippen molar-refractivity contribution in [1.29, 1.82) is 0 Å². The molecular formula is C12H15BrO. The maximum absolute atomic E-state index is 9.00. The zero-order chi connectivity index (χ0) is 9.97. The molecule has 1 unspecified atom stereocenters. The minimum absolute atomic E-state index is 0.302. The van der Waals surface area contributed by atoms with E-state index in [1.54, 1.807) is 0 Å². The molecule has 1 aliphatic rings. The van der Waals surface area contributed by atoms with Crippen molar-refractivity contribution >= 4 is 15.9 Å². The fraction of sp³-hybridized carbons (Fsp3) is 0.500. The van der Waals surface area contributed by atoms with Crippen LogP contribution in [0.15, 0.2) is 22.7 Å². The van der Waals surface area contributed by atoms with Gasteiger partial charge in [0.25, 0.3) is 0 Å². The molecule has 14 heavy (non-hydrogen) atoms. The van der Waals surface area contributed by atoms with Crippen molar-refractivity contribution in [2.24, 2.45) is 0 Å². The van der Waals surface area contributed by atoms with Crippen LogP contribution in [0.4, 0.5) is 0 Å². The number of aliphatic hydroxyl groups is 1. The van der Waals surface area contributed by atoms with Gasteiger partial charge in [-0.15, -0.1) is 0 Å². The normalized spacial score (nSPS) is 20.6. The van der Waals surface area contributed by atoms with Crippen molar-refractivity contribution in [3.8, 4) is 0 Å². The summed E-state index contributed by atoms with van der Waals surface area (Å²) in [6.45, 7) is 0.302. The van der Waals surface area contributed by atoms with Crippen LogP contribution in [0.3, 0.4) is 0 Å². The Morgan fingerprint density at radius 2 is 2.29 bits per heavy atom. The average molecular weight is 255 g/mol. The van der Waals surface area contributed by atoms with Gasteiger partial charge in [0.1, 0.15) is 0 Å². The molecule has 2 heteroatoms. The third-order valence-corrected chi connectivity index (χ3v) is 3.79. The lowest BCUT2D eigenvalue weighted by Gasteiger charge is -2.25. The zero-order valence-electron chi connectivity index (χ0n) is 8.17. The maximum Gasteiger partial charge on any atom is 0.0436 e. The quantitative estimate of drug-likeness (QED) is 0.860. The van der Waals surface area contributed by atoms with Crippen LogP contribution in [-0.4, -0.2) is 11.7 Å². The highest BCUT2D eigenvalue weighted by Crippen LogP contribution is 2.36. The Kier molecular flexibility index (Phi) is 3.24. The summed E-state index contributed by atoms with van der Waals surface area (Å²) < 4.78 is 1.23. The van der Waals surface area contributed by atoms with Crippen LogP contribution < -0.4 is 0 Å². The fourth-order valence-electron chi connectivity index (χ4n) is 2.36. The van der Waals surface area contributed by atoms with Gasteiger partial charge in [-0.2, -0.15) is 0 Å². The Bertz CT molecular complexity index is 322. The standard InChI is InChI=1S/C12H15BrO/c13-12-6-2-4-10-9(7-8-14)3-1-5-11(10)12/h2,4,6,9,14H,1,3,5,7-8H2. The molecule has 1 aromatic carbocycles. The summed E-state index contributed by atoms with van der Waals surface area (Å²) in [5.74, 6) is 0.571. The molecule has 1 N–H and O–H groups in total. The first-order valence-electron chi connectivity index (χ1n) is 5.21. The van der Waals surface area contributed by atoms with Crippen molar-refractivity contribution in [1.82, 2.24) is 0 Å². The van der Waals surface area contributed by atoms with Gasteiger partial charge in [-0.05, 0) is 48.8 Å². The van der Waals surface area contributed by atoms with Crippen molar-refractivity contribution in [2.45, 2.75) is 31.6 Å². The van der Waals surface area contributed by atoms with Gasteiger partial charge in [-0.25, -0.2) is 0 Å². The molecule has 0 amide bonds. The molecule has 0 bridgehead atoms. The molecule has 1 aliphatic carbocycles. The first-order chi connectivity index (χ1) is 6.83. The zero-order valence-corrected chi connectivity index (χ0v) is 9.76. The van der Waals surface area contributed by atoms with Crippen molar-refractivity contribution in [3.63, 3.8) is 0 Å².